The Kier molecular flexibility index (Phi) is 5.74. The molecule has 2 aromatic carbocycles. The second-order valence-electron chi connectivity index (χ2n) is 5.90. The van der Waals surface area contributed by atoms with Crippen molar-refractivity contribution >= 4 is 31.6 Å². The Bertz CT molecular complexity index is 902. The van der Waals surface area contributed by atoms with E-state index in [9.17, 15) is 8.42 Å². The van der Waals surface area contributed by atoms with Crippen LogP contribution < -0.4 is 19.1 Å². The summed E-state index contributed by atoms with van der Waals surface area (Å²) in [5.41, 5.74) is 2.48. The lowest BCUT2D eigenvalue weighted by atomic mass is 10.2. The maximum absolute atomic E-state index is 12.7. The van der Waals surface area contributed by atoms with E-state index in [1.807, 2.05) is 12.1 Å². The van der Waals surface area contributed by atoms with E-state index in [0.29, 0.717) is 29.1 Å². The van der Waals surface area contributed by atoms with Crippen LogP contribution in [0.4, 0.5) is 5.69 Å². The molecular formula is C18H21BrN2O4S. The van der Waals surface area contributed by atoms with Crippen LogP contribution in [0.15, 0.2) is 45.8 Å². The first-order valence-corrected chi connectivity index (χ1v) is 10.5. The summed E-state index contributed by atoms with van der Waals surface area (Å²) in [6.45, 7) is 1.83. The van der Waals surface area contributed by atoms with Gasteiger partial charge in [0.25, 0.3) is 0 Å². The Balaban J connectivity index is 1.70. The predicted octanol–water partition coefficient (Wildman–Crippen LogP) is 2.81. The van der Waals surface area contributed by atoms with Gasteiger partial charge in [-0.05, 0) is 40.0 Å². The first-order valence-electron chi connectivity index (χ1n) is 8.20. The Morgan fingerprint density at radius 2 is 1.85 bits per heavy atom. The minimum Gasteiger partial charge on any atom is -0.493 e. The van der Waals surface area contributed by atoms with E-state index in [2.05, 4.69) is 37.7 Å². The summed E-state index contributed by atoms with van der Waals surface area (Å²) in [5.74, 6) is 0.830. The monoisotopic (exact) mass is 440 g/mol. The van der Waals surface area contributed by atoms with Crippen LogP contribution in [0.5, 0.6) is 11.5 Å². The average Bonchev–Trinajstić information content (AvgIpc) is 3.04. The highest BCUT2D eigenvalue weighted by Gasteiger charge is 2.22. The largest absolute Gasteiger partial charge is 0.493 e. The number of nitrogens with zero attached hydrogens (tertiary/aromatic N) is 1. The van der Waals surface area contributed by atoms with E-state index in [1.165, 1.54) is 31.5 Å². The van der Waals surface area contributed by atoms with Crippen molar-refractivity contribution in [1.29, 1.82) is 0 Å². The molecule has 0 saturated carbocycles. The van der Waals surface area contributed by atoms with Gasteiger partial charge in [-0.2, -0.15) is 0 Å². The van der Waals surface area contributed by atoms with Crippen LogP contribution in [0, 0.1) is 0 Å². The van der Waals surface area contributed by atoms with Gasteiger partial charge >= 0.3 is 0 Å². The second-order valence-corrected chi connectivity index (χ2v) is 8.49. The minimum absolute atomic E-state index is 0.122. The van der Waals surface area contributed by atoms with E-state index in [-0.39, 0.29) is 4.90 Å². The molecule has 0 fully saturated rings. The Morgan fingerprint density at radius 3 is 2.58 bits per heavy atom. The van der Waals surface area contributed by atoms with Crippen LogP contribution in [0.25, 0.3) is 0 Å². The van der Waals surface area contributed by atoms with E-state index in [0.717, 1.165) is 13.0 Å². The molecule has 140 valence electrons. The van der Waals surface area contributed by atoms with E-state index in [1.54, 1.807) is 6.07 Å². The standard InChI is InChI=1S/C18H21BrN2O4S/c1-24-16-11-14(19)18(12-17(16)25-2)26(22,23)20-8-10-21-9-7-13-5-3-4-6-15(13)21/h3-6,11-12,20H,7-10H2,1-2H3. The third-order valence-corrected chi connectivity index (χ3v) is 6.80. The number of para-hydroxylation sites is 1. The van der Waals surface area contributed by atoms with Gasteiger partial charge in [-0.15, -0.1) is 0 Å². The molecule has 1 N–H and O–H groups in total. The molecule has 0 aliphatic carbocycles. The maximum atomic E-state index is 12.7. The fraction of sp³-hybridized carbons (Fsp3) is 0.333. The summed E-state index contributed by atoms with van der Waals surface area (Å²) in [6.07, 6.45) is 0.990. The molecule has 0 amide bonds. The highest BCUT2D eigenvalue weighted by molar-refractivity contribution is 9.10. The molecule has 1 aliphatic rings. The molecule has 8 heteroatoms. The molecule has 26 heavy (non-hydrogen) atoms. The predicted molar refractivity (Wildman–Crippen MR) is 105 cm³/mol. The summed E-state index contributed by atoms with van der Waals surface area (Å²) in [5, 5.41) is 0. The van der Waals surface area contributed by atoms with Crippen molar-refractivity contribution in [3.63, 3.8) is 0 Å². The summed E-state index contributed by atoms with van der Waals surface area (Å²) < 4.78 is 38.9. The number of hydrogen-bond donors (Lipinski definition) is 1. The number of halogens is 1. The molecule has 0 unspecified atom stereocenters. The number of ether oxygens (including phenoxy) is 2. The van der Waals surface area contributed by atoms with E-state index < -0.39 is 10.0 Å². The van der Waals surface area contributed by atoms with Crippen LogP contribution in [-0.4, -0.2) is 42.3 Å². The highest BCUT2D eigenvalue weighted by atomic mass is 79.9. The lowest BCUT2D eigenvalue weighted by molar-refractivity contribution is 0.353. The van der Waals surface area contributed by atoms with Gasteiger partial charge in [-0.3, -0.25) is 0 Å². The quantitative estimate of drug-likeness (QED) is 0.716. The number of rotatable bonds is 7. The van der Waals surface area contributed by atoms with Crippen molar-refractivity contribution in [2.75, 3.05) is 38.8 Å². The van der Waals surface area contributed by atoms with E-state index >= 15 is 0 Å². The van der Waals surface area contributed by atoms with Crippen molar-refractivity contribution in [3.8, 4) is 11.5 Å². The van der Waals surface area contributed by atoms with E-state index in [4.69, 9.17) is 9.47 Å². The lowest BCUT2D eigenvalue weighted by Crippen LogP contribution is -2.34. The summed E-state index contributed by atoms with van der Waals surface area (Å²) in [7, 11) is -0.699. The Labute approximate surface area is 162 Å². The number of sulfonamides is 1. The van der Waals surface area contributed by atoms with Gasteiger partial charge < -0.3 is 14.4 Å². The number of nitrogens with one attached hydrogen (secondary N) is 1. The van der Waals surface area contributed by atoms with Gasteiger partial charge in [0, 0.05) is 35.9 Å². The Hall–Kier alpha value is -1.77. The molecule has 0 spiro atoms. The van der Waals surface area contributed by atoms with Crippen LogP contribution in [0.2, 0.25) is 0 Å². The molecule has 0 radical (unpaired) electrons. The SMILES string of the molecule is COc1cc(Br)c(S(=O)(=O)NCCN2CCc3ccccc32)cc1OC. The van der Waals surface area contributed by atoms with Crippen LogP contribution in [0.1, 0.15) is 5.56 Å². The second kappa shape index (κ2) is 7.85. The zero-order valence-electron chi connectivity index (χ0n) is 14.7. The first kappa shape index (κ1) is 19.0. The normalized spacial score (nSPS) is 13.6. The number of benzene rings is 2. The zero-order valence-corrected chi connectivity index (χ0v) is 17.1. The molecule has 1 heterocycles. The lowest BCUT2D eigenvalue weighted by Gasteiger charge is -2.20. The summed E-state index contributed by atoms with van der Waals surface area (Å²) in [6, 6.07) is 11.3. The number of fused-ring (bicyclic) bond motifs is 1. The molecule has 6 nitrogen and oxygen atoms in total. The van der Waals surface area contributed by atoms with Crippen molar-refractivity contribution in [2.45, 2.75) is 11.3 Å². The molecule has 0 saturated heterocycles. The highest BCUT2D eigenvalue weighted by Crippen LogP contribution is 2.35. The third-order valence-electron chi connectivity index (χ3n) is 4.38. The topological polar surface area (TPSA) is 67.9 Å². The molecule has 2 aromatic rings. The van der Waals surface area contributed by atoms with Gasteiger partial charge in [0.2, 0.25) is 10.0 Å². The molecule has 1 aliphatic heterocycles. The van der Waals surface area contributed by atoms with Gasteiger partial charge in [0.15, 0.2) is 11.5 Å². The number of methoxy groups -OCH3 is 2. The van der Waals surface area contributed by atoms with Crippen molar-refractivity contribution in [2.24, 2.45) is 0 Å². The molecule has 0 bridgehead atoms. The number of anilines is 1. The van der Waals surface area contributed by atoms with Crippen LogP contribution in [-0.2, 0) is 16.4 Å². The third kappa shape index (κ3) is 3.82. The van der Waals surface area contributed by atoms with Crippen molar-refractivity contribution in [1.82, 2.24) is 4.72 Å². The fourth-order valence-electron chi connectivity index (χ4n) is 3.07. The Morgan fingerprint density at radius 1 is 1.15 bits per heavy atom. The molecule has 0 aromatic heterocycles. The summed E-state index contributed by atoms with van der Waals surface area (Å²) in [4.78, 5) is 2.32. The average molecular weight is 441 g/mol. The molecule has 0 atom stereocenters. The fourth-order valence-corrected chi connectivity index (χ4v) is 5.13. The first-order chi connectivity index (χ1) is 12.5. The zero-order chi connectivity index (χ0) is 18.7. The maximum Gasteiger partial charge on any atom is 0.241 e. The number of hydrogen-bond acceptors (Lipinski definition) is 5. The smallest absolute Gasteiger partial charge is 0.241 e. The molecule has 3 rings (SSSR count). The van der Waals surface area contributed by atoms with Gasteiger partial charge in [0.05, 0.1) is 14.2 Å². The van der Waals surface area contributed by atoms with Crippen molar-refractivity contribution in [3.05, 3.63) is 46.4 Å². The summed E-state index contributed by atoms with van der Waals surface area (Å²) >= 11 is 3.30. The van der Waals surface area contributed by atoms with Crippen LogP contribution in [0.3, 0.4) is 0 Å². The van der Waals surface area contributed by atoms with Gasteiger partial charge in [0.1, 0.15) is 4.90 Å². The van der Waals surface area contributed by atoms with Gasteiger partial charge in [-0.25, -0.2) is 13.1 Å². The van der Waals surface area contributed by atoms with Crippen molar-refractivity contribution < 1.29 is 17.9 Å². The minimum atomic E-state index is -3.68. The van der Waals surface area contributed by atoms with Crippen LogP contribution >= 0.6 is 15.9 Å². The molecular weight excluding hydrogens is 420 g/mol. The van der Waals surface area contributed by atoms with Gasteiger partial charge in [-0.1, -0.05) is 18.2 Å².